The van der Waals surface area contributed by atoms with Crippen LogP contribution in [0.25, 0.3) is 0 Å². The topological polar surface area (TPSA) is 30.5 Å². The first-order valence-electron chi connectivity index (χ1n) is 8.27. The smallest absolute Gasteiger partial charge is 0.278 e. The van der Waals surface area contributed by atoms with Gasteiger partial charge in [-0.15, -0.1) is 0 Å². The minimum absolute atomic E-state index is 0.245. The van der Waals surface area contributed by atoms with Crippen LogP contribution in [0.1, 0.15) is 43.4 Å². The maximum absolute atomic E-state index is 14.4. The number of hydrogen-bond donors (Lipinski definition) is 1. The molecule has 0 aromatic heterocycles. The molecule has 126 valence electrons. The molecule has 1 saturated heterocycles. The van der Waals surface area contributed by atoms with E-state index in [4.69, 9.17) is 21.1 Å². The standard InChI is InChI=1S/C19H19ClFNO2/c1-19(14-9-8-12(20)11-15(14)21)23-17-7-4-5-13(18(17)24-19)16-6-2-3-10-22-16/h4-5,7-9,11,16,22H,2-3,6,10H2,1H3. The van der Waals surface area contributed by atoms with Crippen molar-refractivity contribution >= 4 is 11.6 Å². The fourth-order valence-electron chi connectivity index (χ4n) is 3.51. The lowest BCUT2D eigenvalue weighted by Crippen LogP contribution is -2.33. The van der Waals surface area contributed by atoms with Gasteiger partial charge in [-0.1, -0.05) is 30.2 Å². The zero-order valence-electron chi connectivity index (χ0n) is 13.4. The highest BCUT2D eigenvalue weighted by molar-refractivity contribution is 6.30. The summed E-state index contributed by atoms with van der Waals surface area (Å²) in [6.07, 6.45) is 3.44. The monoisotopic (exact) mass is 347 g/mol. The Morgan fingerprint density at radius 2 is 2.08 bits per heavy atom. The van der Waals surface area contributed by atoms with Crippen molar-refractivity contribution in [2.24, 2.45) is 0 Å². The van der Waals surface area contributed by atoms with Gasteiger partial charge in [0.1, 0.15) is 5.82 Å². The number of fused-ring (bicyclic) bond motifs is 1. The average Bonchev–Trinajstić information content (AvgIpc) is 2.92. The van der Waals surface area contributed by atoms with Crippen LogP contribution in [0.2, 0.25) is 5.02 Å². The van der Waals surface area contributed by atoms with Gasteiger partial charge in [0, 0.05) is 23.6 Å². The first kappa shape index (κ1) is 15.7. The van der Waals surface area contributed by atoms with E-state index in [9.17, 15) is 4.39 Å². The molecule has 2 aliphatic heterocycles. The van der Waals surface area contributed by atoms with Gasteiger partial charge in [-0.05, 0) is 43.7 Å². The van der Waals surface area contributed by atoms with Crippen LogP contribution in [0.5, 0.6) is 11.5 Å². The summed E-state index contributed by atoms with van der Waals surface area (Å²) >= 11 is 5.86. The lowest BCUT2D eigenvalue weighted by Gasteiger charge is -2.26. The molecule has 2 aliphatic rings. The molecule has 0 aliphatic carbocycles. The highest BCUT2D eigenvalue weighted by atomic mass is 35.5. The first-order valence-corrected chi connectivity index (χ1v) is 8.64. The van der Waals surface area contributed by atoms with Gasteiger partial charge < -0.3 is 14.8 Å². The summed E-state index contributed by atoms with van der Waals surface area (Å²) in [7, 11) is 0. The second-order valence-corrected chi connectivity index (χ2v) is 6.89. The Bertz CT molecular complexity index is 776. The van der Waals surface area contributed by atoms with Crippen LogP contribution in [0, 0.1) is 5.82 Å². The van der Waals surface area contributed by atoms with Crippen LogP contribution < -0.4 is 14.8 Å². The Labute approximate surface area is 145 Å². The summed E-state index contributed by atoms with van der Waals surface area (Å²) in [6, 6.07) is 10.6. The van der Waals surface area contributed by atoms with E-state index in [0.717, 1.165) is 18.5 Å². The van der Waals surface area contributed by atoms with Gasteiger partial charge in [0.05, 0.1) is 5.56 Å². The van der Waals surface area contributed by atoms with E-state index in [2.05, 4.69) is 11.4 Å². The molecule has 2 aromatic rings. The van der Waals surface area contributed by atoms with Gasteiger partial charge in [-0.25, -0.2) is 4.39 Å². The van der Waals surface area contributed by atoms with Gasteiger partial charge >= 0.3 is 0 Å². The predicted octanol–water partition coefficient (Wildman–Crippen LogP) is 4.94. The normalized spacial score (nSPS) is 25.7. The van der Waals surface area contributed by atoms with E-state index in [1.165, 1.54) is 18.9 Å². The number of ether oxygens (including phenoxy) is 2. The number of benzene rings is 2. The first-order chi connectivity index (χ1) is 11.6. The van der Waals surface area contributed by atoms with E-state index in [1.807, 2.05) is 12.1 Å². The van der Waals surface area contributed by atoms with Crippen LogP contribution >= 0.6 is 11.6 Å². The number of para-hydroxylation sites is 1. The van der Waals surface area contributed by atoms with Crippen LogP contribution in [0.3, 0.4) is 0 Å². The minimum Gasteiger partial charge on any atom is -0.444 e. The molecule has 2 heterocycles. The van der Waals surface area contributed by atoms with Gasteiger partial charge in [0.15, 0.2) is 11.5 Å². The summed E-state index contributed by atoms with van der Waals surface area (Å²) in [5.74, 6) is -0.275. The molecule has 24 heavy (non-hydrogen) atoms. The van der Waals surface area contributed by atoms with Crippen molar-refractivity contribution in [1.29, 1.82) is 0 Å². The molecule has 0 amide bonds. The van der Waals surface area contributed by atoms with E-state index < -0.39 is 11.6 Å². The lowest BCUT2D eigenvalue weighted by atomic mass is 9.96. The Morgan fingerprint density at radius 3 is 2.83 bits per heavy atom. The zero-order chi connectivity index (χ0) is 16.7. The highest BCUT2D eigenvalue weighted by Gasteiger charge is 2.42. The summed E-state index contributed by atoms with van der Waals surface area (Å²) < 4.78 is 26.5. The molecular formula is C19H19ClFNO2. The van der Waals surface area contributed by atoms with E-state index in [1.54, 1.807) is 19.1 Å². The fourth-order valence-corrected chi connectivity index (χ4v) is 3.67. The average molecular weight is 348 g/mol. The summed E-state index contributed by atoms with van der Waals surface area (Å²) in [5, 5.41) is 3.87. The van der Waals surface area contributed by atoms with Crippen molar-refractivity contribution in [3.63, 3.8) is 0 Å². The van der Waals surface area contributed by atoms with E-state index in [-0.39, 0.29) is 6.04 Å². The number of piperidine rings is 1. The highest BCUT2D eigenvalue weighted by Crippen LogP contribution is 2.48. The predicted molar refractivity (Wildman–Crippen MR) is 91.1 cm³/mol. The second-order valence-electron chi connectivity index (χ2n) is 6.45. The Morgan fingerprint density at radius 1 is 1.21 bits per heavy atom. The third-order valence-electron chi connectivity index (χ3n) is 4.72. The third kappa shape index (κ3) is 2.64. The Hall–Kier alpha value is -1.78. The van der Waals surface area contributed by atoms with E-state index >= 15 is 0 Å². The van der Waals surface area contributed by atoms with Crippen LogP contribution in [-0.4, -0.2) is 6.54 Å². The molecule has 0 saturated carbocycles. The fraction of sp³-hybridized carbons (Fsp3) is 0.368. The summed E-state index contributed by atoms with van der Waals surface area (Å²) in [5.41, 5.74) is 1.41. The third-order valence-corrected chi connectivity index (χ3v) is 4.95. The minimum atomic E-state index is -1.19. The molecule has 2 atom stereocenters. The lowest BCUT2D eigenvalue weighted by molar-refractivity contribution is -0.0712. The molecule has 4 rings (SSSR count). The summed E-state index contributed by atoms with van der Waals surface area (Å²) in [6.45, 7) is 2.73. The number of hydrogen-bond acceptors (Lipinski definition) is 3. The van der Waals surface area contributed by atoms with Crippen LogP contribution in [0.15, 0.2) is 36.4 Å². The van der Waals surface area contributed by atoms with Crippen molar-refractivity contribution in [2.75, 3.05) is 6.54 Å². The van der Waals surface area contributed by atoms with Crippen molar-refractivity contribution in [3.8, 4) is 11.5 Å². The Kier molecular flexibility index (Phi) is 3.89. The van der Waals surface area contributed by atoms with Crippen molar-refractivity contribution < 1.29 is 13.9 Å². The number of halogens is 2. The number of rotatable bonds is 2. The summed E-state index contributed by atoms with van der Waals surface area (Å²) in [4.78, 5) is 0. The number of nitrogens with one attached hydrogen (secondary N) is 1. The van der Waals surface area contributed by atoms with Gasteiger partial charge in [0.25, 0.3) is 5.79 Å². The quantitative estimate of drug-likeness (QED) is 0.834. The van der Waals surface area contributed by atoms with Crippen LogP contribution in [-0.2, 0) is 5.79 Å². The van der Waals surface area contributed by atoms with Crippen molar-refractivity contribution in [1.82, 2.24) is 5.32 Å². The van der Waals surface area contributed by atoms with Crippen molar-refractivity contribution in [3.05, 3.63) is 58.4 Å². The Balaban J connectivity index is 1.70. The van der Waals surface area contributed by atoms with E-state index in [0.29, 0.717) is 22.1 Å². The molecule has 5 heteroatoms. The second kappa shape index (κ2) is 5.94. The van der Waals surface area contributed by atoms with Gasteiger partial charge in [0.2, 0.25) is 0 Å². The SMILES string of the molecule is CC1(c2ccc(Cl)cc2F)Oc2cccc(C3CCCCN3)c2O1. The molecule has 0 radical (unpaired) electrons. The molecule has 1 fully saturated rings. The van der Waals surface area contributed by atoms with Crippen molar-refractivity contribution in [2.45, 2.75) is 38.0 Å². The molecular weight excluding hydrogens is 329 g/mol. The molecule has 0 bridgehead atoms. The molecule has 2 unspecified atom stereocenters. The van der Waals surface area contributed by atoms with Crippen LogP contribution in [0.4, 0.5) is 4.39 Å². The molecule has 0 spiro atoms. The maximum Gasteiger partial charge on any atom is 0.278 e. The largest absolute Gasteiger partial charge is 0.444 e. The molecule has 2 aromatic carbocycles. The molecule has 1 N–H and O–H groups in total. The molecule has 3 nitrogen and oxygen atoms in total. The maximum atomic E-state index is 14.4. The zero-order valence-corrected chi connectivity index (χ0v) is 14.2. The van der Waals surface area contributed by atoms with Gasteiger partial charge in [-0.2, -0.15) is 0 Å². The van der Waals surface area contributed by atoms with Gasteiger partial charge in [-0.3, -0.25) is 0 Å².